The van der Waals surface area contributed by atoms with E-state index in [2.05, 4.69) is 43.0 Å². The largest absolute Gasteiger partial charge is 0.466 e. The molecule has 0 bridgehead atoms. The Kier molecular flexibility index (Phi) is 3.15. The average Bonchev–Trinajstić information content (AvgIpc) is 2.86. The van der Waals surface area contributed by atoms with Crippen molar-refractivity contribution in [2.75, 3.05) is 7.11 Å². The molecule has 0 saturated heterocycles. The Morgan fingerprint density at radius 3 is 2.70 bits per heavy atom. The van der Waals surface area contributed by atoms with Crippen molar-refractivity contribution in [1.82, 2.24) is 0 Å². The average molecular weight is 264 g/mol. The van der Waals surface area contributed by atoms with Gasteiger partial charge < -0.3 is 4.74 Å². The monoisotopic (exact) mass is 264 g/mol. The van der Waals surface area contributed by atoms with Gasteiger partial charge in [0.05, 0.1) is 7.11 Å². The van der Waals surface area contributed by atoms with Gasteiger partial charge in [-0.25, -0.2) is 4.79 Å². The molecule has 0 fully saturated rings. The summed E-state index contributed by atoms with van der Waals surface area (Å²) in [4.78, 5) is 11.5. The minimum atomic E-state index is -0.335. The maximum atomic E-state index is 11.5. The predicted molar refractivity (Wildman–Crippen MR) is 79.5 cm³/mol. The standard InChI is InChI=1S/C18H16O2/c1-12(18(19)20-2)10-13-7-5-9-16-15-8-4-3-6-14(15)11-17(13)16/h3-9H,1,10-11H2,2H3. The first kappa shape index (κ1) is 12.7. The van der Waals surface area contributed by atoms with Crippen LogP contribution in [-0.2, 0) is 22.4 Å². The predicted octanol–water partition coefficient (Wildman–Crippen LogP) is 3.53. The van der Waals surface area contributed by atoms with E-state index in [1.165, 1.54) is 29.4 Å². The van der Waals surface area contributed by atoms with Gasteiger partial charge in [-0.2, -0.15) is 0 Å². The lowest BCUT2D eigenvalue weighted by Crippen LogP contribution is -2.07. The number of benzene rings is 2. The molecule has 0 amide bonds. The van der Waals surface area contributed by atoms with Gasteiger partial charge in [-0.1, -0.05) is 49.0 Å². The van der Waals surface area contributed by atoms with Crippen LogP contribution >= 0.6 is 0 Å². The third kappa shape index (κ3) is 2.03. The van der Waals surface area contributed by atoms with Gasteiger partial charge in [0, 0.05) is 12.0 Å². The van der Waals surface area contributed by atoms with Gasteiger partial charge in [0.2, 0.25) is 0 Å². The van der Waals surface area contributed by atoms with Crippen LogP contribution in [0.3, 0.4) is 0 Å². The van der Waals surface area contributed by atoms with E-state index in [0.29, 0.717) is 12.0 Å². The summed E-state index contributed by atoms with van der Waals surface area (Å²) < 4.78 is 4.73. The number of esters is 1. The summed E-state index contributed by atoms with van der Waals surface area (Å²) >= 11 is 0. The molecule has 100 valence electrons. The van der Waals surface area contributed by atoms with Crippen LogP contribution < -0.4 is 0 Å². The molecule has 0 aromatic heterocycles. The second-order valence-electron chi connectivity index (χ2n) is 5.05. The fourth-order valence-corrected chi connectivity index (χ4v) is 2.84. The highest BCUT2D eigenvalue weighted by molar-refractivity contribution is 5.88. The summed E-state index contributed by atoms with van der Waals surface area (Å²) in [5.41, 5.74) is 6.88. The molecule has 2 aromatic carbocycles. The maximum absolute atomic E-state index is 11.5. The van der Waals surface area contributed by atoms with Crippen LogP contribution in [0.1, 0.15) is 16.7 Å². The Bertz CT molecular complexity index is 698. The Balaban J connectivity index is 1.97. The molecule has 0 unspecified atom stereocenters. The zero-order chi connectivity index (χ0) is 14.1. The topological polar surface area (TPSA) is 26.3 Å². The zero-order valence-electron chi connectivity index (χ0n) is 11.5. The van der Waals surface area contributed by atoms with Gasteiger partial charge in [-0.05, 0) is 34.2 Å². The molecule has 2 heteroatoms. The molecule has 0 spiro atoms. The van der Waals surface area contributed by atoms with E-state index in [0.717, 1.165) is 12.0 Å². The fraction of sp³-hybridized carbons (Fsp3) is 0.167. The van der Waals surface area contributed by atoms with Crippen LogP contribution in [0.25, 0.3) is 11.1 Å². The summed E-state index contributed by atoms with van der Waals surface area (Å²) in [6.45, 7) is 3.82. The smallest absolute Gasteiger partial charge is 0.333 e. The Labute approximate surface area is 118 Å². The van der Waals surface area contributed by atoms with E-state index in [-0.39, 0.29) is 5.97 Å². The number of methoxy groups -OCH3 is 1. The Morgan fingerprint density at radius 2 is 1.90 bits per heavy atom. The second kappa shape index (κ2) is 4.97. The van der Waals surface area contributed by atoms with Gasteiger partial charge in [0.25, 0.3) is 0 Å². The van der Waals surface area contributed by atoms with Crippen LogP contribution in [0.15, 0.2) is 54.6 Å². The molecule has 1 aliphatic carbocycles. The molecule has 2 aromatic rings. The summed E-state index contributed by atoms with van der Waals surface area (Å²) in [7, 11) is 1.39. The van der Waals surface area contributed by atoms with Crippen LogP contribution in [0.5, 0.6) is 0 Å². The number of hydrogen-bond acceptors (Lipinski definition) is 2. The summed E-state index contributed by atoms with van der Waals surface area (Å²) in [5.74, 6) is -0.335. The quantitative estimate of drug-likeness (QED) is 0.534. The highest BCUT2D eigenvalue weighted by Crippen LogP contribution is 2.38. The Hall–Kier alpha value is -2.35. The van der Waals surface area contributed by atoms with Crippen molar-refractivity contribution < 1.29 is 9.53 Å². The molecular weight excluding hydrogens is 248 g/mol. The number of rotatable bonds is 3. The Morgan fingerprint density at radius 1 is 1.15 bits per heavy atom. The first-order valence-corrected chi connectivity index (χ1v) is 6.66. The minimum absolute atomic E-state index is 0.335. The molecule has 0 radical (unpaired) electrons. The van der Waals surface area contributed by atoms with E-state index in [1.54, 1.807) is 0 Å². The molecule has 20 heavy (non-hydrogen) atoms. The second-order valence-corrected chi connectivity index (χ2v) is 5.05. The van der Waals surface area contributed by atoms with Crippen LogP contribution in [0, 0.1) is 0 Å². The third-order valence-electron chi connectivity index (χ3n) is 3.83. The molecule has 0 atom stereocenters. The lowest BCUT2D eigenvalue weighted by atomic mass is 9.96. The summed E-state index contributed by atoms with van der Waals surface area (Å²) in [5, 5.41) is 0. The van der Waals surface area contributed by atoms with Crippen molar-refractivity contribution >= 4 is 5.97 Å². The first-order valence-electron chi connectivity index (χ1n) is 6.66. The first-order chi connectivity index (χ1) is 9.70. The summed E-state index contributed by atoms with van der Waals surface area (Å²) in [6, 6.07) is 14.7. The molecule has 0 heterocycles. The van der Waals surface area contributed by atoms with E-state index in [4.69, 9.17) is 4.74 Å². The van der Waals surface area contributed by atoms with E-state index in [1.807, 2.05) is 6.07 Å². The van der Waals surface area contributed by atoms with Crippen LogP contribution in [0.2, 0.25) is 0 Å². The number of ether oxygens (including phenoxy) is 1. The van der Waals surface area contributed by atoms with Gasteiger partial charge in [-0.3, -0.25) is 0 Å². The van der Waals surface area contributed by atoms with E-state index in [9.17, 15) is 4.79 Å². The van der Waals surface area contributed by atoms with E-state index < -0.39 is 0 Å². The maximum Gasteiger partial charge on any atom is 0.333 e. The zero-order valence-corrected chi connectivity index (χ0v) is 11.5. The molecule has 0 saturated carbocycles. The fourth-order valence-electron chi connectivity index (χ4n) is 2.84. The molecule has 0 aliphatic heterocycles. The molecular formula is C18H16O2. The normalized spacial score (nSPS) is 11.7. The number of carbonyl (C=O) groups excluding carboxylic acids is 1. The van der Waals surface area contributed by atoms with Crippen molar-refractivity contribution in [3.8, 4) is 11.1 Å². The summed E-state index contributed by atoms with van der Waals surface area (Å²) in [6.07, 6.45) is 1.47. The molecule has 1 aliphatic rings. The SMILES string of the molecule is C=C(Cc1cccc2c1Cc1ccccc1-2)C(=O)OC. The van der Waals surface area contributed by atoms with Gasteiger partial charge in [0.1, 0.15) is 0 Å². The highest BCUT2D eigenvalue weighted by atomic mass is 16.5. The van der Waals surface area contributed by atoms with Crippen molar-refractivity contribution in [3.05, 3.63) is 71.3 Å². The highest BCUT2D eigenvalue weighted by Gasteiger charge is 2.21. The van der Waals surface area contributed by atoms with Crippen LogP contribution in [0.4, 0.5) is 0 Å². The third-order valence-corrected chi connectivity index (χ3v) is 3.83. The number of fused-ring (bicyclic) bond motifs is 3. The van der Waals surface area contributed by atoms with Gasteiger partial charge in [0.15, 0.2) is 0 Å². The lowest BCUT2D eigenvalue weighted by Gasteiger charge is -2.09. The lowest BCUT2D eigenvalue weighted by molar-refractivity contribution is -0.136. The van der Waals surface area contributed by atoms with Crippen LogP contribution in [-0.4, -0.2) is 13.1 Å². The molecule has 2 nitrogen and oxygen atoms in total. The van der Waals surface area contributed by atoms with Crippen molar-refractivity contribution in [1.29, 1.82) is 0 Å². The van der Waals surface area contributed by atoms with Gasteiger partial charge in [-0.15, -0.1) is 0 Å². The molecule has 0 N–H and O–H groups in total. The van der Waals surface area contributed by atoms with Crippen molar-refractivity contribution in [3.63, 3.8) is 0 Å². The van der Waals surface area contributed by atoms with E-state index >= 15 is 0 Å². The minimum Gasteiger partial charge on any atom is -0.466 e. The van der Waals surface area contributed by atoms with Crippen molar-refractivity contribution in [2.45, 2.75) is 12.8 Å². The number of carbonyl (C=O) groups is 1. The van der Waals surface area contributed by atoms with Gasteiger partial charge >= 0.3 is 5.97 Å². The molecule has 3 rings (SSSR count). The van der Waals surface area contributed by atoms with Crippen molar-refractivity contribution in [2.24, 2.45) is 0 Å². The number of hydrogen-bond donors (Lipinski definition) is 0.